The molecule has 1 saturated heterocycles. The molecule has 0 saturated carbocycles. The van der Waals surface area contributed by atoms with Crippen molar-refractivity contribution in [1.82, 2.24) is 4.98 Å². The molecule has 5 nitrogen and oxygen atoms in total. The Hall–Kier alpha value is -2.51. The van der Waals surface area contributed by atoms with Crippen LogP contribution >= 0.6 is 23.2 Å². The van der Waals surface area contributed by atoms with Gasteiger partial charge in [0, 0.05) is 59.5 Å². The molecular formula is C32H34BCl2NO4. The Morgan fingerprint density at radius 3 is 1.93 bits per heavy atom. The van der Waals surface area contributed by atoms with E-state index in [2.05, 4.69) is 11.1 Å². The van der Waals surface area contributed by atoms with Crippen molar-refractivity contribution >= 4 is 47.3 Å². The summed E-state index contributed by atoms with van der Waals surface area (Å²) in [6.07, 6.45) is 6.41. The van der Waals surface area contributed by atoms with Gasteiger partial charge in [0.15, 0.2) is 0 Å². The van der Waals surface area contributed by atoms with Gasteiger partial charge in [0.25, 0.3) is 0 Å². The van der Waals surface area contributed by atoms with Gasteiger partial charge in [-0.05, 0) is 92.6 Å². The molecule has 8 heteroatoms. The summed E-state index contributed by atoms with van der Waals surface area (Å²) in [5, 5.41) is 1.35. The Morgan fingerprint density at radius 2 is 1.35 bits per heavy atom. The number of hydrogen-bond donors (Lipinski definition) is 0. The maximum atomic E-state index is 11.6. The second kappa shape index (κ2) is 11.4. The van der Waals surface area contributed by atoms with Gasteiger partial charge in [-0.3, -0.25) is 14.6 Å². The molecule has 3 aromatic rings. The molecule has 6 rings (SSSR count). The van der Waals surface area contributed by atoms with E-state index in [1.54, 1.807) is 6.20 Å². The fourth-order valence-electron chi connectivity index (χ4n) is 5.32. The first-order valence-electron chi connectivity index (χ1n) is 13.8. The van der Waals surface area contributed by atoms with Gasteiger partial charge in [0.05, 0.1) is 11.2 Å². The third-order valence-corrected chi connectivity index (χ3v) is 9.09. The average Bonchev–Trinajstić information content (AvgIpc) is 3.11. The summed E-state index contributed by atoms with van der Waals surface area (Å²) in [4.78, 5) is 27.3. The third-order valence-electron chi connectivity index (χ3n) is 8.41. The fourth-order valence-corrected chi connectivity index (χ4v) is 5.85. The monoisotopic (exact) mass is 577 g/mol. The third kappa shape index (κ3) is 6.21. The number of nitrogens with zero attached hydrogens (tertiary/aromatic N) is 1. The molecule has 0 atom stereocenters. The highest BCUT2D eigenvalue weighted by Gasteiger charge is 2.52. The number of aryl methyl sites for hydroxylation is 2. The zero-order valence-corrected chi connectivity index (χ0v) is 25.0. The van der Waals surface area contributed by atoms with E-state index in [0.717, 1.165) is 52.1 Å². The van der Waals surface area contributed by atoms with E-state index in [1.807, 2.05) is 64.1 Å². The molecule has 40 heavy (non-hydrogen) atoms. The second-order valence-corrected chi connectivity index (χ2v) is 12.7. The molecule has 0 unspecified atom stereocenters. The van der Waals surface area contributed by atoms with Crippen molar-refractivity contribution < 1.29 is 18.9 Å². The van der Waals surface area contributed by atoms with Crippen LogP contribution in [-0.2, 0) is 51.0 Å². The van der Waals surface area contributed by atoms with E-state index < -0.39 is 7.12 Å². The minimum absolute atomic E-state index is 0.280. The Balaban J connectivity index is 0.000000162. The normalized spacial score (nSPS) is 19.0. The molecule has 1 fully saturated rings. The Morgan fingerprint density at radius 1 is 0.775 bits per heavy atom. The van der Waals surface area contributed by atoms with Crippen molar-refractivity contribution in [2.24, 2.45) is 0 Å². The topological polar surface area (TPSA) is 65.5 Å². The molecule has 3 aliphatic rings. The van der Waals surface area contributed by atoms with Crippen LogP contribution in [0.25, 0.3) is 0 Å². The summed E-state index contributed by atoms with van der Waals surface area (Å²) in [6, 6.07) is 13.9. The van der Waals surface area contributed by atoms with E-state index in [0.29, 0.717) is 36.5 Å². The zero-order valence-electron chi connectivity index (χ0n) is 23.5. The number of fused-ring (bicyclic) bond motifs is 2. The standard InChI is InChI=1S/C16H20BClO3.C16H14ClNO/c1-15(2)16(3,4)21-17(20-15)13-8-10-5-6-12(19)7-11(10)9-14(13)18;17-16-10-12-9-15(19)5-4-11(12)7-13(16)8-14-3-1-2-6-18-14/h8-9H,5-7H2,1-4H3;1-3,6-7,10H,4-5,8-9H2. The van der Waals surface area contributed by atoms with Gasteiger partial charge in [-0.2, -0.15) is 0 Å². The number of hydrogen-bond acceptors (Lipinski definition) is 5. The van der Waals surface area contributed by atoms with Crippen LogP contribution in [0.4, 0.5) is 0 Å². The summed E-state index contributed by atoms with van der Waals surface area (Å²) >= 11 is 12.7. The van der Waals surface area contributed by atoms with Crippen LogP contribution in [0.1, 0.15) is 74.0 Å². The molecule has 0 N–H and O–H groups in total. The van der Waals surface area contributed by atoms with Gasteiger partial charge in [-0.25, -0.2) is 0 Å². The Bertz CT molecular complexity index is 1440. The fraction of sp³-hybridized carbons (Fsp3) is 0.406. The average molecular weight is 578 g/mol. The zero-order chi connectivity index (χ0) is 28.7. The molecule has 0 radical (unpaired) electrons. The van der Waals surface area contributed by atoms with Crippen LogP contribution in [0.15, 0.2) is 48.7 Å². The summed E-state index contributed by atoms with van der Waals surface area (Å²) < 4.78 is 12.1. The Kier molecular flexibility index (Phi) is 8.27. The number of pyridine rings is 1. The van der Waals surface area contributed by atoms with Crippen LogP contribution in [0, 0.1) is 0 Å². The molecule has 2 heterocycles. The van der Waals surface area contributed by atoms with Crippen molar-refractivity contribution in [2.75, 3.05) is 0 Å². The number of rotatable bonds is 3. The number of halogens is 2. The SMILES string of the molecule is CC1(C)OB(c2cc3c(cc2Cl)CC(=O)CC3)OC1(C)C.O=C1CCc2cc(Cc3ccccn3)c(Cl)cc2C1. The van der Waals surface area contributed by atoms with Gasteiger partial charge in [0.2, 0.25) is 0 Å². The molecule has 0 bridgehead atoms. The van der Waals surface area contributed by atoms with E-state index in [-0.39, 0.29) is 17.0 Å². The van der Waals surface area contributed by atoms with Crippen molar-refractivity contribution in [3.05, 3.63) is 92.2 Å². The lowest BCUT2D eigenvalue weighted by Gasteiger charge is -2.32. The van der Waals surface area contributed by atoms with Gasteiger partial charge in [0.1, 0.15) is 11.6 Å². The first-order valence-corrected chi connectivity index (χ1v) is 14.6. The van der Waals surface area contributed by atoms with E-state index in [4.69, 9.17) is 32.5 Å². The van der Waals surface area contributed by atoms with Gasteiger partial charge in [-0.15, -0.1) is 0 Å². The number of carbonyl (C=O) groups is 2. The maximum Gasteiger partial charge on any atom is 0.496 e. The van der Waals surface area contributed by atoms with E-state index in [1.165, 1.54) is 11.1 Å². The molecule has 2 aromatic carbocycles. The van der Waals surface area contributed by atoms with Crippen LogP contribution in [0.5, 0.6) is 0 Å². The summed E-state index contributed by atoms with van der Waals surface area (Å²) in [6.45, 7) is 8.10. The molecule has 1 aromatic heterocycles. The molecule has 0 spiro atoms. The van der Waals surface area contributed by atoms with Crippen LogP contribution < -0.4 is 5.46 Å². The van der Waals surface area contributed by atoms with E-state index >= 15 is 0 Å². The highest BCUT2D eigenvalue weighted by Crippen LogP contribution is 2.37. The maximum absolute atomic E-state index is 11.6. The van der Waals surface area contributed by atoms with Gasteiger partial charge < -0.3 is 9.31 Å². The highest BCUT2D eigenvalue weighted by molar-refractivity contribution is 6.65. The van der Waals surface area contributed by atoms with Crippen LogP contribution in [-0.4, -0.2) is 34.9 Å². The molecule has 0 amide bonds. The second-order valence-electron chi connectivity index (χ2n) is 11.9. The first kappa shape index (κ1) is 29.0. The number of ketones is 2. The minimum Gasteiger partial charge on any atom is -0.399 e. The lowest BCUT2D eigenvalue weighted by Crippen LogP contribution is -2.41. The summed E-state index contributed by atoms with van der Waals surface area (Å²) in [5.74, 6) is 0.586. The quantitative estimate of drug-likeness (QED) is 0.353. The van der Waals surface area contributed by atoms with Crippen LogP contribution in [0.2, 0.25) is 10.0 Å². The Labute approximate surface area is 246 Å². The summed E-state index contributed by atoms with van der Waals surface area (Å²) in [5.41, 5.74) is 6.77. The van der Waals surface area contributed by atoms with Gasteiger partial charge in [-0.1, -0.05) is 41.4 Å². The van der Waals surface area contributed by atoms with E-state index in [9.17, 15) is 9.59 Å². The first-order chi connectivity index (χ1) is 18.9. The number of aromatic nitrogens is 1. The lowest BCUT2D eigenvalue weighted by atomic mass is 9.76. The highest BCUT2D eigenvalue weighted by atomic mass is 35.5. The van der Waals surface area contributed by atoms with Gasteiger partial charge >= 0.3 is 7.12 Å². The molecule has 1 aliphatic heterocycles. The van der Waals surface area contributed by atoms with Crippen molar-refractivity contribution in [2.45, 2.75) is 83.8 Å². The van der Waals surface area contributed by atoms with Crippen molar-refractivity contribution in [3.63, 3.8) is 0 Å². The largest absolute Gasteiger partial charge is 0.496 e. The number of Topliss-reactive ketones (excluding diaryl/α,β-unsaturated/α-hetero) is 2. The van der Waals surface area contributed by atoms with Crippen LogP contribution in [0.3, 0.4) is 0 Å². The molecule has 208 valence electrons. The minimum atomic E-state index is -0.453. The molecule has 2 aliphatic carbocycles. The predicted molar refractivity (Wildman–Crippen MR) is 160 cm³/mol. The smallest absolute Gasteiger partial charge is 0.399 e. The summed E-state index contributed by atoms with van der Waals surface area (Å²) in [7, 11) is -0.453. The number of benzene rings is 2. The predicted octanol–water partition coefficient (Wildman–Crippen LogP) is 6.08. The lowest BCUT2D eigenvalue weighted by molar-refractivity contribution is -0.119. The van der Waals surface area contributed by atoms with Crippen molar-refractivity contribution in [3.8, 4) is 0 Å². The molecular weight excluding hydrogens is 544 g/mol. The number of carbonyl (C=O) groups excluding carboxylic acids is 2. The van der Waals surface area contributed by atoms with Crippen molar-refractivity contribution in [1.29, 1.82) is 0 Å².